The average molecular weight is 281 g/mol. The molecule has 0 aliphatic rings. The standard InChI is InChI=1S/C12H13ClN4O2/c13-10-4-1-5-11(12(10)17(18)19)14-6-2-8-16-9-3-7-15-16/h1,3-5,7,9,14H,2,6,8H2. The third-order valence-electron chi connectivity index (χ3n) is 2.61. The van der Waals surface area contributed by atoms with Crippen molar-refractivity contribution in [1.29, 1.82) is 0 Å². The van der Waals surface area contributed by atoms with E-state index in [-0.39, 0.29) is 10.7 Å². The highest BCUT2D eigenvalue weighted by Gasteiger charge is 2.17. The smallest absolute Gasteiger partial charge is 0.310 e. The Bertz CT molecular complexity index is 557. The maximum absolute atomic E-state index is 10.9. The summed E-state index contributed by atoms with van der Waals surface area (Å²) in [5.74, 6) is 0. The van der Waals surface area contributed by atoms with Gasteiger partial charge in [0, 0.05) is 25.5 Å². The highest BCUT2D eigenvalue weighted by molar-refractivity contribution is 6.33. The van der Waals surface area contributed by atoms with E-state index in [1.54, 1.807) is 18.3 Å². The Kier molecular flexibility index (Phi) is 4.35. The molecule has 1 aromatic heterocycles. The van der Waals surface area contributed by atoms with Crippen molar-refractivity contribution in [2.45, 2.75) is 13.0 Å². The Labute approximate surface area is 115 Å². The number of halogens is 1. The number of aryl methyl sites for hydroxylation is 1. The molecule has 19 heavy (non-hydrogen) atoms. The van der Waals surface area contributed by atoms with Crippen molar-refractivity contribution in [3.05, 3.63) is 51.8 Å². The van der Waals surface area contributed by atoms with Gasteiger partial charge < -0.3 is 5.32 Å². The molecule has 0 saturated carbocycles. The van der Waals surface area contributed by atoms with Crippen LogP contribution in [-0.2, 0) is 6.54 Å². The minimum absolute atomic E-state index is 0.0803. The molecule has 0 fully saturated rings. The zero-order valence-corrected chi connectivity index (χ0v) is 10.9. The van der Waals surface area contributed by atoms with Gasteiger partial charge in [-0.1, -0.05) is 17.7 Å². The molecule has 0 radical (unpaired) electrons. The van der Waals surface area contributed by atoms with Gasteiger partial charge in [-0.15, -0.1) is 0 Å². The molecule has 2 aromatic rings. The van der Waals surface area contributed by atoms with Gasteiger partial charge in [-0.3, -0.25) is 14.8 Å². The highest BCUT2D eigenvalue weighted by Crippen LogP contribution is 2.32. The Morgan fingerprint density at radius 3 is 2.95 bits per heavy atom. The SMILES string of the molecule is O=[N+]([O-])c1c(Cl)cccc1NCCCn1cccn1. The number of nitrogens with zero attached hydrogens (tertiary/aromatic N) is 3. The predicted octanol–water partition coefficient (Wildman–Crippen LogP) is 2.95. The molecule has 1 aromatic carbocycles. The molecule has 0 bridgehead atoms. The molecular weight excluding hydrogens is 268 g/mol. The first-order chi connectivity index (χ1) is 9.18. The second-order valence-electron chi connectivity index (χ2n) is 3.94. The van der Waals surface area contributed by atoms with Crippen LogP contribution in [0.4, 0.5) is 11.4 Å². The summed E-state index contributed by atoms with van der Waals surface area (Å²) in [6, 6.07) is 6.70. The van der Waals surface area contributed by atoms with Crippen LogP contribution in [0.3, 0.4) is 0 Å². The van der Waals surface area contributed by atoms with Gasteiger partial charge >= 0.3 is 5.69 Å². The second kappa shape index (κ2) is 6.19. The molecular formula is C12H13ClN4O2. The van der Waals surface area contributed by atoms with Crippen molar-refractivity contribution in [2.75, 3.05) is 11.9 Å². The number of anilines is 1. The Morgan fingerprint density at radius 2 is 2.26 bits per heavy atom. The van der Waals surface area contributed by atoms with Gasteiger partial charge in [0.05, 0.1) is 4.92 Å². The first kappa shape index (κ1) is 13.4. The minimum Gasteiger partial charge on any atom is -0.379 e. The summed E-state index contributed by atoms with van der Waals surface area (Å²) in [6.45, 7) is 1.37. The average Bonchev–Trinajstić information content (AvgIpc) is 2.87. The van der Waals surface area contributed by atoms with E-state index in [9.17, 15) is 10.1 Å². The van der Waals surface area contributed by atoms with E-state index in [1.165, 1.54) is 6.07 Å². The van der Waals surface area contributed by atoms with Gasteiger partial charge in [-0.05, 0) is 24.6 Å². The van der Waals surface area contributed by atoms with Crippen molar-refractivity contribution in [3.63, 3.8) is 0 Å². The summed E-state index contributed by atoms with van der Waals surface area (Å²) in [4.78, 5) is 10.5. The lowest BCUT2D eigenvalue weighted by Crippen LogP contribution is -2.08. The first-order valence-electron chi connectivity index (χ1n) is 5.82. The van der Waals surface area contributed by atoms with Gasteiger partial charge in [0.2, 0.25) is 0 Å². The van der Waals surface area contributed by atoms with Crippen LogP contribution in [0.5, 0.6) is 0 Å². The zero-order chi connectivity index (χ0) is 13.7. The van der Waals surface area contributed by atoms with Gasteiger partial charge in [-0.2, -0.15) is 5.10 Å². The van der Waals surface area contributed by atoms with Crippen molar-refractivity contribution in [2.24, 2.45) is 0 Å². The maximum atomic E-state index is 10.9. The Morgan fingerprint density at radius 1 is 1.42 bits per heavy atom. The van der Waals surface area contributed by atoms with E-state index < -0.39 is 4.92 Å². The zero-order valence-electron chi connectivity index (χ0n) is 10.1. The fourth-order valence-electron chi connectivity index (χ4n) is 1.74. The number of hydrogen-bond acceptors (Lipinski definition) is 4. The van der Waals surface area contributed by atoms with Crippen LogP contribution in [0.25, 0.3) is 0 Å². The number of nitro benzene ring substituents is 1. The van der Waals surface area contributed by atoms with E-state index in [0.29, 0.717) is 12.2 Å². The van der Waals surface area contributed by atoms with Gasteiger partial charge in [0.25, 0.3) is 0 Å². The molecule has 7 heteroatoms. The van der Waals surface area contributed by atoms with Crippen LogP contribution >= 0.6 is 11.6 Å². The van der Waals surface area contributed by atoms with Crippen LogP contribution < -0.4 is 5.32 Å². The molecule has 0 unspecified atom stereocenters. The van der Waals surface area contributed by atoms with E-state index in [4.69, 9.17) is 11.6 Å². The first-order valence-corrected chi connectivity index (χ1v) is 6.20. The van der Waals surface area contributed by atoms with Crippen LogP contribution in [-0.4, -0.2) is 21.2 Å². The molecule has 0 amide bonds. The number of rotatable bonds is 6. The monoisotopic (exact) mass is 280 g/mol. The van der Waals surface area contributed by atoms with Crippen molar-refractivity contribution >= 4 is 23.0 Å². The van der Waals surface area contributed by atoms with E-state index >= 15 is 0 Å². The minimum atomic E-state index is -0.474. The predicted molar refractivity (Wildman–Crippen MR) is 73.4 cm³/mol. The summed E-state index contributed by atoms with van der Waals surface area (Å²) in [6.07, 6.45) is 4.41. The fourth-order valence-corrected chi connectivity index (χ4v) is 1.98. The number of hydrogen-bond donors (Lipinski definition) is 1. The van der Waals surface area contributed by atoms with E-state index in [1.807, 2.05) is 16.9 Å². The number of benzene rings is 1. The topological polar surface area (TPSA) is 73.0 Å². The Hall–Kier alpha value is -2.08. The molecule has 0 spiro atoms. The summed E-state index contributed by atoms with van der Waals surface area (Å²) in [5, 5.41) is 18.2. The van der Waals surface area contributed by atoms with Crippen molar-refractivity contribution < 1.29 is 4.92 Å². The van der Waals surface area contributed by atoms with Crippen LogP contribution in [0.1, 0.15) is 6.42 Å². The second-order valence-corrected chi connectivity index (χ2v) is 4.35. The molecule has 1 N–H and O–H groups in total. The number of nitro groups is 1. The maximum Gasteiger partial charge on any atom is 0.310 e. The molecule has 0 aliphatic carbocycles. The summed E-state index contributed by atoms with van der Waals surface area (Å²) in [7, 11) is 0. The number of nitrogens with one attached hydrogen (secondary N) is 1. The largest absolute Gasteiger partial charge is 0.379 e. The third-order valence-corrected chi connectivity index (χ3v) is 2.91. The third kappa shape index (κ3) is 3.45. The van der Waals surface area contributed by atoms with Crippen molar-refractivity contribution in [3.8, 4) is 0 Å². The quantitative estimate of drug-likeness (QED) is 0.501. The molecule has 6 nitrogen and oxygen atoms in total. The molecule has 0 saturated heterocycles. The summed E-state index contributed by atoms with van der Waals surface area (Å²) < 4.78 is 1.81. The summed E-state index contributed by atoms with van der Waals surface area (Å²) in [5.41, 5.74) is 0.362. The lowest BCUT2D eigenvalue weighted by atomic mass is 10.2. The normalized spacial score (nSPS) is 10.4. The van der Waals surface area contributed by atoms with Gasteiger partial charge in [0.1, 0.15) is 10.7 Å². The Balaban J connectivity index is 1.92. The summed E-state index contributed by atoms with van der Waals surface area (Å²) >= 11 is 5.82. The van der Waals surface area contributed by atoms with E-state index in [0.717, 1.165) is 13.0 Å². The number of aromatic nitrogens is 2. The molecule has 0 aliphatic heterocycles. The van der Waals surface area contributed by atoms with Crippen LogP contribution in [0, 0.1) is 10.1 Å². The number of para-hydroxylation sites is 1. The molecule has 0 atom stereocenters. The van der Waals surface area contributed by atoms with E-state index in [2.05, 4.69) is 10.4 Å². The molecule has 2 rings (SSSR count). The lowest BCUT2D eigenvalue weighted by molar-refractivity contribution is -0.383. The van der Waals surface area contributed by atoms with Gasteiger partial charge in [0.15, 0.2) is 0 Å². The molecule has 1 heterocycles. The fraction of sp³-hybridized carbons (Fsp3) is 0.250. The van der Waals surface area contributed by atoms with Crippen LogP contribution in [0.15, 0.2) is 36.7 Å². The van der Waals surface area contributed by atoms with Crippen molar-refractivity contribution in [1.82, 2.24) is 9.78 Å². The highest BCUT2D eigenvalue weighted by atomic mass is 35.5. The molecule has 100 valence electrons. The lowest BCUT2D eigenvalue weighted by Gasteiger charge is -2.07. The van der Waals surface area contributed by atoms with Gasteiger partial charge in [-0.25, -0.2) is 0 Å². The van der Waals surface area contributed by atoms with Crippen LogP contribution in [0.2, 0.25) is 5.02 Å².